The molecule has 15 heavy (non-hydrogen) atoms. The number of anilines is 1. The van der Waals surface area contributed by atoms with Gasteiger partial charge in [0.1, 0.15) is 12.4 Å². The highest BCUT2D eigenvalue weighted by Crippen LogP contribution is 2.09. The fraction of sp³-hybridized carbons (Fsp3) is 0.111. The molecule has 0 saturated carbocycles. The number of amidine groups is 1. The lowest BCUT2D eigenvalue weighted by Gasteiger charge is -2.06. The zero-order chi connectivity index (χ0) is 11.3. The van der Waals surface area contributed by atoms with Gasteiger partial charge in [-0.15, -0.1) is 0 Å². The molecule has 0 radical (unpaired) electrons. The number of carbonyl (C=O) groups is 1. The Kier molecular flexibility index (Phi) is 3.64. The van der Waals surface area contributed by atoms with Gasteiger partial charge in [0.05, 0.1) is 0 Å². The second-order valence-electron chi connectivity index (χ2n) is 2.81. The number of carboxylic acids is 1. The Morgan fingerprint density at radius 3 is 2.80 bits per heavy atom. The van der Waals surface area contributed by atoms with Crippen LogP contribution in [-0.4, -0.2) is 28.7 Å². The molecule has 0 spiro atoms. The van der Waals surface area contributed by atoms with Crippen LogP contribution in [0.25, 0.3) is 0 Å². The molecule has 1 rings (SSSR count). The number of hydroxylamine groups is 1. The van der Waals surface area contributed by atoms with Crippen molar-refractivity contribution in [1.82, 2.24) is 5.48 Å². The van der Waals surface area contributed by atoms with Crippen LogP contribution in [0.5, 0.6) is 0 Å². The third-order valence-electron chi connectivity index (χ3n) is 1.71. The summed E-state index contributed by atoms with van der Waals surface area (Å²) >= 11 is 0. The molecule has 5 N–H and O–H groups in total. The van der Waals surface area contributed by atoms with Gasteiger partial charge < -0.3 is 10.4 Å². The summed E-state index contributed by atoms with van der Waals surface area (Å²) in [4.78, 5) is 10.3. The second kappa shape index (κ2) is 4.97. The van der Waals surface area contributed by atoms with Gasteiger partial charge in [-0.25, -0.2) is 0 Å². The highest BCUT2D eigenvalue weighted by Gasteiger charge is 2.01. The molecule has 0 unspecified atom stereocenters. The van der Waals surface area contributed by atoms with E-state index >= 15 is 0 Å². The minimum absolute atomic E-state index is 0.144. The molecule has 6 nitrogen and oxygen atoms in total. The van der Waals surface area contributed by atoms with Crippen molar-refractivity contribution in [2.75, 3.05) is 11.9 Å². The summed E-state index contributed by atoms with van der Waals surface area (Å²) < 4.78 is 0. The molecule has 1 aromatic carbocycles. The zero-order valence-electron chi connectivity index (χ0n) is 7.82. The lowest BCUT2D eigenvalue weighted by Crippen LogP contribution is -2.19. The van der Waals surface area contributed by atoms with E-state index in [0.29, 0.717) is 11.3 Å². The standard InChI is InChI=1S/C9H11N3O3/c10-9(12-15)6-2-1-3-7(4-6)11-5-8(13)14/h1-4,11,15H,5H2,(H2,10,12)(H,13,14). The van der Waals surface area contributed by atoms with Crippen LogP contribution in [0.1, 0.15) is 5.56 Å². The molecule has 6 heteroatoms. The van der Waals surface area contributed by atoms with Crippen molar-refractivity contribution in [3.63, 3.8) is 0 Å². The van der Waals surface area contributed by atoms with Gasteiger partial charge in [0, 0.05) is 11.3 Å². The number of hydrogen-bond donors (Lipinski definition) is 5. The summed E-state index contributed by atoms with van der Waals surface area (Å²) in [5.41, 5.74) is 2.76. The summed E-state index contributed by atoms with van der Waals surface area (Å²) in [6, 6.07) is 6.52. The van der Waals surface area contributed by atoms with Crippen LogP contribution in [-0.2, 0) is 4.79 Å². The number of carboxylic acid groups (broad SMARTS) is 1. The van der Waals surface area contributed by atoms with E-state index in [-0.39, 0.29) is 12.4 Å². The normalized spacial score (nSPS) is 9.40. The number of aliphatic carboxylic acids is 1. The Morgan fingerprint density at radius 2 is 2.20 bits per heavy atom. The van der Waals surface area contributed by atoms with Crippen molar-refractivity contribution in [3.8, 4) is 0 Å². The van der Waals surface area contributed by atoms with Gasteiger partial charge in [-0.1, -0.05) is 12.1 Å². The largest absolute Gasteiger partial charge is 0.480 e. The van der Waals surface area contributed by atoms with E-state index in [1.807, 2.05) is 0 Å². The van der Waals surface area contributed by atoms with Crippen molar-refractivity contribution < 1.29 is 15.1 Å². The van der Waals surface area contributed by atoms with Gasteiger partial charge in [-0.3, -0.25) is 20.9 Å². The van der Waals surface area contributed by atoms with E-state index in [2.05, 4.69) is 5.32 Å². The molecule has 0 aliphatic carbocycles. The SMILES string of the molecule is N=C(NO)c1cccc(NCC(=O)O)c1. The molecular formula is C9H11N3O3. The van der Waals surface area contributed by atoms with Crippen LogP contribution in [0.15, 0.2) is 24.3 Å². The van der Waals surface area contributed by atoms with E-state index in [0.717, 1.165) is 0 Å². The molecule has 0 saturated heterocycles. The summed E-state index contributed by atoms with van der Waals surface area (Å²) in [7, 11) is 0. The van der Waals surface area contributed by atoms with Gasteiger partial charge >= 0.3 is 5.97 Å². The molecular weight excluding hydrogens is 198 g/mol. The summed E-state index contributed by atoms with van der Waals surface area (Å²) in [6.45, 7) is -0.191. The molecule has 80 valence electrons. The first kappa shape index (κ1) is 11.0. The smallest absolute Gasteiger partial charge is 0.322 e. The van der Waals surface area contributed by atoms with E-state index in [4.69, 9.17) is 15.7 Å². The highest BCUT2D eigenvalue weighted by atomic mass is 16.5. The number of benzene rings is 1. The van der Waals surface area contributed by atoms with Crippen LogP contribution in [0.2, 0.25) is 0 Å². The summed E-state index contributed by atoms with van der Waals surface area (Å²) in [5, 5.41) is 26.9. The van der Waals surface area contributed by atoms with E-state index in [1.54, 1.807) is 29.7 Å². The van der Waals surface area contributed by atoms with Gasteiger partial charge in [-0.05, 0) is 12.1 Å². The molecule has 0 aromatic heterocycles. The fourth-order valence-electron chi connectivity index (χ4n) is 1.03. The average molecular weight is 209 g/mol. The first-order valence-corrected chi connectivity index (χ1v) is 4.18. The van der Waals surface area contributed by atoms with E-state index in [1.165, 1.54) is 0 Å². The number of nitrogens with one attached hydrogen (secondary N) is 3. The zero-order valence-corrected chi connectivity index (χ0v) is 7.82. The lowest BCUT2D eigenvalue weighted by atomic mass is 10.2. The monoisotopic (exact) mass is 209 g/mol. The second-order valence-corrected chi connectivity index (χ2v) is 2.81. The molecule has 0 amide bonds. The molecule has 1 aromatic rings. The Labute approximate surface area is 86.0 Å². The maximum Gasteiger partial charge on any atom is 0.322 e. The molecule has 0 heterocycles. The summed E-state index contributed by atoms with van der Waals surface area (Å²) in [6.07, 6.45) is 0. The van der Waals surface area contributed by atoms with Crippen LogP contribution >= 0.6 is 0 Å². The third-order valence-corrected chi connectivity index (χ3v) is 1.71. The maximum atomic E-state index is 10.3. The minimum atomic E-state index is -0.962. The average Bonchev–Trinajstić information content (AvgIpc) is 2.25. The van der Waals surface area contributed by atoms with Gasteiger partial charge in [0.2, 0.25) is 0 Å². The Hall–Kier alpha value is -2.08. The third kappa shape index (κ3) is 3.28. The first-order valence-electron chi connectivity index (χ1n) is 4.18. The van der Waals surface area contributed by atoms with Gasteiger partial charge in [0.25, 0.3) is 0 Å². The molecule has 0 atom stereocenters. The van der Waals surface area contributed by atoms with Crippen molar-refractivity contribution >= 4 is 17.5 Å². The quantitative estimate of drug-likeness (QED) is 0.282. The first-order chi connectivity index (χ1) is 7.13. The van der Waals surface area contributed by atoms with Crippen LogP contribution in [0.4, 0.5) is 5.69 Å². The predicted octanol–water partition coefficient (Wildman–Crippen LogP) is 0.487. The highest BCUT2D eigenvalue weighted by molar-refractivity contribution is 5.96. The van der Waals surface area contributed by atoms with Crippen LogP contribution in [0, 0.1) is 5.41 Å². The fourth-order valence-corrected chi connectivity index (χ4v) is 1.03. The Morgan fingerprint density at radius 1 is 1.47 bits per heavy atom. The minimum Gasteiger partial charge on any atom is -0.480 e. The molecule has 0 aliphatic heterocycles. The maximum absolute atomic E-state index is 10.3. The van der Waals surface area contributed by atoms with Crippen molar-refractivity contribution in [2.24, 2.45) is 0 Å². The molecule has 0 aliphatic rings. The van der Waals surface area contributed by atoms with E-state index in [9.17, 15) is 4.79 Å². The lowest BCUT2D eigenvalue weighted by molar-refractivity contribution is -0.134. The number of hydrogen-bond acceptors (Lipinski definition) is 4. The topological polar surface area (TPSA) is 105 Å². The van der Waals surface area contributed by atoms with Crippen LogP contribution in [0.3, 0.4) is 0 Å². The number of rotatable bonds is 4. The molecule has 0 fully saturated rings. The van der Waals surface area contributed by atoms with Crippen molar-refractivity contribution in [1.29, 1.82) is 5.41 Å². The van der Waals surface area contributed by atoms with Gasteiger partial charge in [0.15, 0.2) is 0 Å². The van der Waals surface area contributed by atoms with Crippen LogP contribution < -0.4 is 10.8 Å². The van der Waals surface area contributed by atoms with Crippen molar-refractivity contribution in [2.45, 2.75) is 0 Å². The Balaban J connectivity index is 2.74. The van der Waals surface area contributed by atoms with Crippen molar-refractivity contribution in [3.05, 3.63) is 29.8 Å². The molecule has 0 bridgehead atoms. The Bertz CT molecular complexity index is 379. The van der Waals surface area contributed by atoms with Gasteiger partial charge in [-0.2, -0.15) is 0 Å². The predicted molar refractivity (Wildman–Crippen MR) is 54.3 cm³/mol. The van der Waals surface area contributed by atoms with E-state index < -0.39 is 5.97 Å². The summed E-state index contributed by atoms with van der Waals surface area (Å²) in [5.74, 6) is -1.11.